The maximum atomic E-state index is 14.9. The van der Waals surface area contributed by atoms with Gasteiger partial charge in [0.15, 0.2) is 0 Å². The van der Waals surface area contributed by atoms with E-state index in [1.165, 1.54) is 15.9 Å². The number of piperidine rings is 2. The zero-order valence-electron chi connectivity index (χ0n) is 49.7. The number of thiophene rings is 1. The molecule has 7 heterocycles. The van der Waals surface area contributed by atoms with Crippen LogP contribution in [0.1, 0.15) is 132 Å². The number of rotatable bonds is 18. The van der Waals surface area contributed by atoms with Gasteiger partial charge in [-0.15, -0.1) is 11.3 Å². The molecule has 0 bridgehead atoms. The minimum absolute atomic E-state index is 0.00949. The summed E-state index contributed by atoms with van der Waals surface area (Å²) in [5.41, 5.74) is 2.33. The molecule has 6 aliphatic rings. The second-order valence-corrected chi connectivity index (χ2v) is 28.1. The van der Waals surface area contributed by atoms with Gasteiger partial charge in [0.2, 0.25) is 41.4 Å². The van der Waals surface area contributed by atoms with Crippen LogP contribution in [0.5, 0.6) is 0 Å². The summed E-state index contributed by atoms with van der Waals surface area (Å²) in [4.78, 5) is 163. The summed E-state index contributed by atoms with van der Waals surface area (Å²) in [5.74, 6) is -6.99. The lowest BCUT2D eigenvalue weighted by atomic mass is 9.77. The van der Waals surface area contributed by atoms with Crippen molar-refractivity contribution < 1.29 is 79.9 Å². The molecule has 1 spiro atoms. The maximum Gasteiger partial charge on any atom is 0.399 e. The number of likely N-dealkylation sites (tertiary alicyclic amines) is 1. The number of halogens is 4. The molecule has 8 N–H and O–H groups in total. The summed E-state index contributed by atoms with van der Waals surface area (Å²) in [6.45, 7) is 6.78. The van der Waals surface area contributed by atoms with Crippen molar-refractivity contribution in [2.24, 2.45) is 11.1 Å². The number of anilines is 1. The molecule has 6 aliphatic heterocycles. The molecule has 3 aromatic carbocycles. The lowest BCUT2D eigenvalue weighted by Crippen LogP contribution is -2.62. The van der Waals surface area contributed by atoms with Gasteiger partial charge in [-0.1, -0.05) is 51.1 Å². The first-order chi connectivity index (χ1) is 42.4. The Morgan fingerprint density at radius 1 is 0.822 bits per heavy atom. The van der Waals surface area contributed by atoms with Gasteiger partial charge in [0.25, 0.3) is 24.1 Å². The van der Waals surface area contributed by atoms with Gasteiger partial charge in [-0.05, 0) is 115 Å². The van der Waals surface area contributed by atoms with Gasteiger partial charge in [-0.2, -0.15) is 8.78 Å². The zero-order valence-corrected chi connectivity index (χ0v) is 51.4. The topological polar surface area (TPSA) is 319 Å². The van der Waals surface area contributed by atoms with Crippen LogP contribution in [0.3, 0.4) is 0 Å². The minimum atomic E-state index is -5.94. The Balaban J connectivity index is 0.837. The molecular weight excluding hydrogens is 1220 g/mol. The largest absolute Gasteiger partial charge is 0.399 e. The summed E-state index contributed by atoms with van der Waals surface area (Å²) in [6, 6.07) is 9.23. The molecule has 10 rings (SSSR count). The number of nitrogens with two attached hydrogens (primary N) is 1. The molecule has 1 unspecified atom stereocenters. The quantitative estimate of drug-likeness (QED) is 0.0416. The van der Waals surface area contributed by atoms with Gasteiger partial charge in [0, 0.05) is 80.5 Å². The Morgan fingerprint density at radius 2 is 1.51 bits per heavy atom. The lowest BCUT2D eigenvalue weighted by molar-refractivity contribution is -0.144. The molecule has 0 aliphatic carbocycles. The van der Waals surface area contributed by atoms with Gasteiger partial charge < -0.3 is 46.2 Å². The van der Waals surface area contributed by atoms with E-state index >= 15 is 0 Å². The molecule has 482 valence electrons. The monoisotopic (exact) mass is 1290 g/mol. The first kappa shape index (κ1) is 65.3. The number of carbonyl (C=O) groups excluding carboxylic acids is 10. The van der Waals surface area contributed by atoms with Crippen LogP contribution in [-0.2, 0) is 55.6 Å². The van der Waals surface area contributed by atoms with Crippen molar-refractivity contribution in [3.8, 4) is 0 Å². The Bertz CT molecular complexity index is 3610. The van der Waals surface area contributed by atoms with E-state index in [2.05, 4.69) is 46.9 Å². The number of hydrogen-bond acceptors (Lipinski definition) is 14. The fraction of sp³-hybridized carbons (Fsp3) is 0.508. The first-order valence-electron chi connectivity index (χ1n) is 29.9. The highest BCUT2D eigenvalue weighted by atomic mass is 32.1. The summed E-state index contributed by atoms with van der Waals surface area (Å²) in [5, 5.41) is 10.4. The minimum Gasteiger partial charge on any atom is -0.371 e. The number of primary amides is 1. The third-order valence-electron chi connectivity index (χ3n) is 18.3. The van der Waals surface area contributed by atoms with Crippen LogP contribution < -0.4 is 31.9 Å². The highest BCUT2D eigenvalue weighted by molar-refractivity contribution is 7.52. The van der Waals surface area contributed by atoms with Crippen LogP contribution in [0, 0.1) is 5.41 Å². The SMILES string of the molecule is CC(C)(C)c1ccc(C[C@H](NC(=O)[C@H](CCC(N)=O)NC(=O)[C@@H]2CC[C@@H]3CCN(CC(F)F)C[C@H](NC(=O)c4cc5cc(C(F)(F)P(=O)(O)O)ccc5s4)C(=O)N32)C(=O)N2CCC3(CC2)CCN(c2ccc4c(c2)C(=O)N(C2CCC(=O)NC2=O)C4=O)C3)cc1. The number of hydrogen-bond donors (Lipinski definition) is 7. The number of benzene rings is 3. The van der Waals surface area contributed by atoms with Gasteiger partial charge in [0.05, 0.1) is 22.5 Å². The number of alkyl halides is 4. The molecule has 23 nitrogen and oxygen atoms in total. The third-order valence-corrected chi connectivity index (χ3v) is 20.4. The van der Waals surface area contributed by atoms with Crippen LogP contribution in [0.15, 0.2) is 66.7 Å². The summed E-state index contributed by atoms with van der Waals surface area (Å²) >= 11 is 0.809. The van der Waals surface area contributed by atoms with Crippen molar-refractivity contribution in [3.63, 3.8) is 0 Å². The Labute approximate surface area is 518 Å². The predicted molar refractivity (Wildman–Crippen MR) is 319 cm³/mol. The molecule has 29 heteroatoms. The standard InChI is InChI=1S/C61H71F4N10O13PS/c1-59(2,3)35-6-4-33(5-7-35)26-42(57(84)72-23-19-60(20-24-72)21-25-73(32-60)38-9-11-39-40(29-38)56(83)75(55(39)82)45-14-17-50(77)70-53(45)80)68-51(78)41(12-16-49(66)76)67-52(79)44-13-10-37-18-22-71(31-48(62)63)30-43(58(85)74(37)44)69-54(81)47-28-34-27-36(8-15-46(34)90-47)61(64,65)89(86,87)88/h4-9,11,15,27-29,37,41-45,48H,10,12-14,16-26,30-32H2,1-3H3,(H2,66,76)(H,67,79)(H,68,78)(H,69,81)(H,70,77,80)(H2,86,87,88)/t37-,41+,42+,43+,44+,45?/m1/s1. The van der Waals surface area contributed by atoms with Gasteiger partial charge in [-0.3, -0.25) is 67.6 Å². The van der Waals surface area contributed by atoms with Crippen molar-refractivity contribution in [2.45, 2.75) is 145 Å². The average molecular weight is 1290 g/mol. The number of nitrogens with zero attached hydrogens (tertiary/aromatic N) is 5. The van der Waals surface area contributed by atoms with Crippen molar-refractivity contribution in [1.29, 1.82) is 0 Å². The number of nitrogens with one attached hydrogen (secondary N) is 4. The van der Waals surface area contributed by atoms with Crippen LogP contribution >= 0.6 is 18.9 Å². The van der Waals surface area contributed by atoms with E-state index in [1.807, 2.05) is 24.3 Å². The molecule has 6 atom stereocenters. The van der Waals surface area contributed by atoms with E-state index in [0.29, 0.717) is 50.3 Å². The second kappa shape index (κ2) is 25.6. The van der Waals surface area contributed by atoms with Crippen molar-refractivity contribution in [1.82, 2.24) is 40.9 Å². The zero-order chi connectivity index (χ0) is 64.9. The van der Waals surface area contributed by atoms with Gasteiger partial charge in [-0.25, -0.2) is 8.78 Å². The van der Waals surface area contributed by atoms with Crippen molar-refractivity contribution >= 4 is 93.8 Å². The highest BCUT2D eigenvalue weighted by Gasteiger charge is 2.52. The van der Waals surface area contributed by atoms with E-state index in [0.717, 1.165) is 46.4 Å². The molecule has 90 heavy (non-hydrogen) atoms. The molecule has 0 radical (unpaired) electrons. The van der Waals surface area contributed by atoms with Gasteiger partial charge >= 0.3 is 13.3 Å². The average Bonchev–Trinajstić information content (AvgIpc) is 1.71. The van der Waals surface area contributed by atoms with E-state index in [-0.39, 0.29) is 94.8 Å². The van der Waals surface area contributed by atoms with Crippen LogP contribution in [-0.4, -0.2) is 177 Å². The molecule has 0 saturated carbocycles. The fourth-order valence-electron chi connectivity index (χ4n) is 13.2. The van der Waals surface area contributed by atoms with Crippen LogP contribution in [0.2, 0.25) is 0 Å². The van der Waals surface area contributed by atoms with Gasteiger partial charge in [0.1, 0.15) is 30.2 Å². The first-order valence-corrected chi connectivity index (χ1v) is 32.3. The molecule has 5 fully saturated rings. The van der Waals surface area contributed by atoms with E-state index in [9.17, 15) is 79.9 Å². The predicted octanol–water partition coefficient (Wildman–Crippen LogP) is 4.25. The lowest BCUT2D eigenvalue weighted by Gasteiger charge is -2.40. The van der Waals surface area contributed by atoms with E-state index in [1.54, 1.807) is 23.1 Å². The molecule has 5 saturated heterocycles. The number of carbonyl (C=O) groups is 10. The number of imide groups is 2. The Hall–Kier alpha value is -7.65. The molecule has 10 amide bonds. The third kappa shape index (κ3) is 13.7. The van der Waals surface area contributed by atoms with Crippen molar-refractivity contribution in [2.75, 3.05) is 50.7 Å². The van der Waals surface area contributed by atoms with Crippen LogP contribution in [0.25, 0.3) is 10.1 Å². The molecular formula is C61H71F4N10O13PS. The van der Waals surface area contributed by atoms with E-state index < -0.39 is 134 Å². The summed E-state index contributed by atoms with van der Waals surface area (Å²) < 4.78 is 69.1. The Kier molecular flexibility index (Phi) is 18.5. The summed E-state index contributed by atoms with van der Waals surface area (Å²) in [6.07, 6.45) is -1.19. The van der Waals surface area contributed by atoms with E-state index in [4.69, 9.17) is 5.73 Å². The normalized spacial score (nSPS) is 22.3. The highest BCUT2D eigenvalue weighted by Crippen LogP contribution is 2.59. The second-order valence-electron chi connectivity index (χ2n) is 25.4. The number of fused-ring (bicyclic) bond motifs is 3. The van der Waals surface area contributed by atoms with Crippen LogP contribution in [0.4, 0.5) is 23.2 Å². The Morgan fingerprint density at radius 3 is 2.18 bits per heavy atom. The summed E-state index contributed by atoms with van der Waals surface area (Å²) in [7, 11) is -5.94. The molecule has 4 aromatic rings. The fourth-order valence-corrected chi connectivity index (χ4v) is 14.6. The number of amides is 10. The smallest absolute Gasteiger partial charge is 0.371 e. The molecule has 1 aromatic heterocycles. The van der Waals surface area contributed by atoms with Crippen molar-refractivity contribution in [3.05, 3.63) is 99.4 Å². The maximum absolute atomic E-state index is 14.9.